The van der Waals surface area contributed by atoms with E-state index in [1.165, 1.54) is 11.3 Å². The zero-order valence-corrected chi connectivity index (χ0v) is 11.1. The number of aryl methyl sites for hydroxylation is 1. The number of hydrogen-bond acceptors (Lipinski definition) is 6. The fraction of sp³-hybridized carbons (Fsp3) is 0.636. The summed E-state index contributed by atoms with van der Waals surface area (Å²) in [4.78, 5) is 24.6. The molecule has 1 aromatic rings. The molecule has 2 fully saturated rings. The highest BCUT2D eigenvalue weighted by Crippen LogP contribution is 2.68. The van der Waals surface area contributed by atoms with Gasteiger partial charge in [-0.15, -0.1) is 21.5 Å². The Kier molecular flexibility index (Phi) is 2.45. The second kappa shape index (κ2) is 3.73. The highest BCUT2D eigenvalue weighted by atomic mass is 32.1. The molecule has 0 unspecified atom stereocenters. The van der Waals surface area contributed by atoms with E-state index in [-0.39, 0.29) is 19.5 Å². The fourth-order valence-electron chi connectivity index (χ4n) is 3.11. The lowest BCUT2D eigenvalue weighted by Crippen LogP contribution is -2.28. The first-order valence-corrected chi connectivity index (χ1v) is 6.69. The third-order valence-electron chi connectivity index (χ3n) is 4.13. The lowest BCUT2D eigenvalue weighted by molar-refractivity contribution is -0.151. The van der Waals surface area contributed by atoms with Gasteiger partial charge in [0.1, 0.15) is 10.0 Å². The average molecular weight is 283 g/mol. The van der Waals surface area contributed by atoms with Crippen LogP contribution in [0.3, 0.4) is 0 Å². The largest absolute Gasteiger partial charge is 0.481 e. The van der Waals surface area contributed by atoms with Crippen molar-refractivity contribution >= 4 is 23.3 Å². The molecule has 2 heterocycles. The average Bonchev–Trinajstić information content (AvgIpc) is 2.63. The molecule has 0 spiro atoms. The van der Waals surface area contributed by atoms with E-state index in [9.17, 15) is 19.8 Å². The highest BCUT2D eigenvalue weighted by molar-refractivity contribution is 7.11. The van der Waals surface area contributed by atoms with Crippen LogP contribution in [0.2, 0.25) is 0 Å². The molecule has 2 atom stereocenters. The molecule has 0 bridgehead atoms. The number of aromatic nitrogens is 2. The van der Waals surface area contributed by atoms with Crippen LogP contribution >= 0.6 is 11.3 Å². The summed E-state index contributed by atoms with van der Waals surface area (Å²) in [5, 5.41) is 28.1. The van der Waals surface area contributed by atoms with E-state index in [0.717, 1.165) is 10.0 Å². The molecule has 1 aromatic heterocycles. The first-order valence-electron chi connectivity index (χ1n) is 5.88. The minimum absolute atomic E-state index is 0.232. The summed E-state index contributed by atoms with van der Waals surface area (Å²) < 4.78 is 0. The molecule has 2 aliphatic rings. The van der Waals surface area contributed by atoms with Crippen molar-refractivity contribution in [3.05, 3.63) is 10.0 Å². The van der Waals surface area contributed by atoms with Crippen LogP contribution in [0.15, 0.2) is 0 Å². The number of piperidine rings is 1. The lowest BCUT2D eigenvalue weighted by Gasteiger charge is -2.17. The van der Waals surface area contributed by atoms with Crippen molar-refractivity contribution in [3.8, 4) is 0 Å². The normalized spacial score (nSPS) is 33.1. The quantitative estimate of drug-likeness (QED) is 0.813. The molecule has 19 heavy (non-hydrogen) atoms. The number of aliphatic carboxylic acids is 2. The van der Waals surface area contributed by atoms with E-state index < -0.39 is 22.8 Å². The smallest absolute Gasteiger partial charge is 0.312 e. The number of nitrogens with zero attached hydrogens (tertiary/aromatic N) is 3. The van der Waals surface area contributed by atoms with Crippen LogP contribution in [-0.2, 0) is 16.1 Å². The molecular weight excluding hydrogens is 270 g/mol. The highest BCUT2D eigenvalue weighted by Gasteiger charge is 2.80. The Morgan fingerprint density at radius 3 is 2.26 bits per heavy atom. The van der Waals surface area contributed by atoms with Gasteiger partial charge < -0.3 is 10.2 Å². The lowest BCUT2D eigenvalue weighted by atomic mass is 9.97. The Morgan fingerprint density at radius 2 is 1.84 bits per heavy atom. The third kappa shape index (κ3) is 1.59. The van der Waals surface area contributed by atoms with Crippen molar-refractivity contribution in [1.82, 2.24) is 15.1 Å². The van der Waals surface area contributed by atoms with Crippen molar-refractivity contribution < 1.29 is 19.8 Å². The number of carboxylic acid groups (broad SMARTS) is 2. The summed E-state index contributed by atoms with van der Waals surface area (Å²) >= 11 is 1.45. The predicted molar refractivity (Wildman–Crippen MR) is 64.7 cm³/mol. The number of carboxylic acids is 2. The van der Waals surface area contributed by atoms with Gasteiger partial charge in [-0.25, -0.2) is 0 Å². The minimum Gasteiger partial charge on any atom is -0.481 e. The molecule has 7 nitrogen and oxygen atoms in total. The first-order chi connectivity index (χ1) is 8.89. The van der Waals surface area contributed by atoms with Gasteiger partial charge in [0, 0.05) is 13.1 Å². The number of carbonyl (C=O) groups is 2. The number of rotatable bonds is 4. The second-order valence-electron chi connectivity index (χ2n) is 5.31. The molecular formula is C11H13N3O4S. The molecule has 8 heteroatoms. The van der Waals surface area contributed by atoms with Gasteiger partial charge in [0.2, 0.25) is 0 Å². The van der Waals surface area contributed by atoms with Gasteiger partial charge in [-0.2, -0.15) is 0 Å². The molecule has 102 valence electrons. The molecule has 1 saturated heterocycles. The fourth-order valence-corrected chi connectivity index (χ4v) is 3.86. The van der Waals surface area contributed by atoms with E-state index in [4.69, 9.17) is 0 Å². The maximum atomic E-state index is 11.4. The van der Waals surface area contributed by atoms with Crippen molar-refractivity contribution in [3.63, 3.8) is 0 Å². The Bertz CT molecular complexity index is 546. The van der Waals surface area contributed by atoms with Crippen molar-refractivity contribution in [2.24, 2.45) is 10.8 Å². The molecule has 3 rings (SSSR count). The Labute approximate surface area is 112 Å². The van der Waals surface area contributed by atoms with E-state index >= 15 is 0 Å². The summed E-state index contributed by atoms with van der Waals surface area (Å²) in [6.45, 7) is 2.86. The van der Waals surface area contributed by atoms with E-state index in [1.807, 2.05) is 11.8 Å². The number of fused-ring (bicyclic) bond motifs is 1. The first kappa shape index (κ1) is 12.5. The predicted octanol–water partition coefficient (Wildman–Crippen LogP) is 0.208. The molecule has 0 aromatic carbocycles. The summed E-state index contributed by atoms with van der Waals surface area (Å²) in [6, 6.07) is 0. The van der Waals surface area contributed by atoms with E-state index in [0.29, 0.717) is 6.54 Å². The van der Waals surface area contributed by atoms with Crippen LogP contribution in [0.1, 0.15) is 16.4 Å². The Morgan fingerprint density at radius 1 is 1.26 bits per heavy atom. The molecule has 0 radical (unpaired) electrons. The van der Waals surface area contributed by atoms with Gasteiger partial charge in [0.15, 0.2) is 0 Å². The van der Waals surface area contributed by atoms with Crippen LogP contribution in [0.5, 0.6) is 0 Å². The van der Waals surface area contributed by atoms with Gasteiger partial charge >= 0.3 is 11.9 Å². The van der Waals surface area contributed by atoms with Gasteiger partial charge in [-0.1, -0.05) is 0 Å². The van der Waals surface area contributed by atoms with Crippen molar-refractivity contribution in [2.45, 2.75) is 19.9 Å². The van der Waals surface area contributed by atoms with Gasteiger partial charge in [0.05, 0.1) is 17.4 Å². The topological polar surface area (TPSA) is 104 Å². The Hall–Kier alpha value is -1.54. The molecule has 1 aliphatic heterocycles. The van der Waals surface area contributed by atoms with Gasteiger partial charge in [-0.05, 0) is 13.3 Å². The minimum atomic E-state index is -1.11. The third-order valence-corrected chi connectivity index (χ3v) is 4.95. The summed E-state index contributed by atoms with van der Waals surface area (Å²) in [5.41, 5.74) is -2.23. The molecule has 0 amide bonds. The van der Waals surface area contributed by atoms with Crippen molar-refractivity contribution in [2.75, 3.05) is 13.1 Å². The zero-order valence-electron chi connectivity index (χ0n) is 10.3. The van der Waals surface area contributed by atoms with Gasteiger partial charge in [-0.3, -0.25) is 14.5 Å². The van der Waals surface area contributed by atoms with E-state index in [1.54, 1.807) is 0 Å². The van der Waals surface area contributed by atoms with Crippen molar-refractivity contribution in [1.29, 1.82) is 0 Å². The second-order valence-corrected chi connectivity index (χ2v) is 6.58. The van der Waals surface area contributed by atoms with Crippen LogP contribution in [0, 0.1) is 17.8 Å². The maximum absolute atomic E-state index is 11.4. The summed E-state index contributed by atoms with van der Waals surface area (Å²) in [7, 11) is 0. The van der Waals surface area contributed by atoms with Crippen LogP contribution in [0.4, 0.5) is 0 Å². The van der Waals surface area contributed by atoms with Gasteiger partial charge in [0.25, 0.3) is 0 Å². The summed E-state index contributed by atoms with van der Waals surface area (Å²) in [5.74, 6) is -2.02. The maximum Gasteiger partial charge on any atom is 0.312 e. The van der Waals surface area contributed by atoms with E-state index in [2.05, 4.69) is 10.2 Å². The Balaban J connectivity index is 1.79. The van der Waals surface area contributed by atoms with Crippen LogP contribution in [0.25, 0.3) is 0 Å². The standard InChI is InChI=1S/C11H13N3O4S/c1-6-12-13-7(19-6)2-14-4-10(8(15)16)3-11(10,5-14)9(17)18/h2-5H2,1H3,(H,15,16)(H,17,18)/t10-,11+. The van der Waals surface area contributed by atoms with Crippen LogP contribution < -0.4 is 0 Å². The van der Waals surface area contributed by atoms with Crippen LogP contribution in [-0.4, -0.2) is 50.3 Å². The SMILES string of the molecule is Cc1nnc(CN2C[C@@]3(C(=O)O)C[C@@]3(C(=O)O)C2)s1. The zero-order chi connectivity index (χ0) is 13.8. The number of hydrogen-bond donors (Lipinski definition) is 2. The monoisotopic (exact) mass is 283 g/mol. The molecule has 2 N–H and O–H groups in total. The summed E-state index contributed by atoms with van der Waals surface area (Å²) in [6.07, 6.45) is 0.232. The molecule has 1 saturated carbocycles. The molecule has 1 aliphatic carbocycles. The number of likely N-dealkylation sites (tertiary alicyclic amines) is 1.